The molecule has 7 rings (SSSR count). The highest BCUT2D eigenvalue weighted by Crippen LogP contribution is 2.50. The number of rotatable bonds is 37. The minimum Gasteiger partial charge on any atom is -0.756 e. The Morgan fingerprint density at radius 3 is 2.08 bits per heavy atom. The van der Waals surface area contributed by atoms with Crippen LogP contribution in [0.5, 0.6) is 0 Å². The first kappa shape index (κ1) is 87.8. The van der Waals surface area contributed by atoms with Crippen molar-refractivity contribution in [1.82, 2.24) is 30.4 Å². The predicted molar refractivity (Wildman–Crippen MR) is 336 cm³/mol. The number of thioether (sulfide) groups is 1. The smallest absolute Gasteiger partial charge is 0.364 e. The van der Waals surface area contributed by atoms with Gasteiger partial charge >= 0.3 is 11.7 Å². The molecule has 5 amide bonds. The predicted octanol–water partition coefficient (Wildman–Crippen LogP) is -10.6. The van der Waals surface area contributed by atoms with Crippen LogP contribution in [0.25, 0.3) is 0 Å². The number of Topliss-reactive ketones (excluding diaryl/α,β-unsaturated/α-hetero) is 1. The molecule has 27 atom stereocenters. The number of phosphoric ester groups is 1. The van der Waals surface area contributed by atoms with E-state index in [9.17, 15) is 124 Å². The van der Waals surface area contributed by atoms with Crippen LogP contribution in [0, 0.1) is 5.92 Å². The van der Waals surface area contributed by atoms with E-state index in [1.807, 2.05) is 6.92 Å². The van der Waals surface area contributed by atoms with Crippen LogP contribution in [-0.2, 0) is 109 Å². The maximum Gasteiger partial charge on any atom is 0.364 e. The summed E-state index contributed by atoms with van der Waals surface area (Å²) in [6, 6.07) is -0.413. The van der Waals surface area contributed by atoms with Crippen molar-refractivity contribution in [3.8, 4) is 0 Å². The minimum absolute atomic E-state index is 0.00396. The summed E-state index contributed by atoms with van der Waals surface area (Å²) in [7, 11) is -4.67. The summed E-state index contributed by atoms with van der Waals surface area (Å²) in [4.78, 5) is 138. The number of aliphatic hydroxyl groups excluding tert-OH is 12. The number of ketones is 1. The van der Waals surface area contributed by atoms with Crippen LogP contribution in [0.2, 0.25) is 0 Å². The van der Waals surface area contributed by atoms with Crippen LogP contribution in [0.4, 0.5) is 5.82 Å². The summed E-state index contributed by atoms with van der Waals surface area (Å²) in [5.74, 6) is -9.29. The third kappa shape index (κ3) is 22.8. The fourth-order valence-corrected chi connectivity index (χ4v) is 13.7. The van der Waals surface area contributed by atoms with Crippen molar-refractivity contribution in [3.05, 3.63) is 22.7 Å². The highest BCUT2D eigenvalue weighted by atomic mass is 32.2. The van der Waals surface area contributed by atoms with Crippen molar-refractivity contribution in [2.24, 2.45) is 5.92 Å². The number of methoxy groups -OCH3 is 1. The second kappa shape index (κ2) is 40.4. The van der Waals surface area contributed by atoms with Crippen LogP contribution in [-0.4, -0.2) is 340 Å². The molecule has 0 spiro atoms. The van der Waals surface area contributed by atoms with Gasteiger partial charge in [-0.05, 0) is 24.7 Å². The molecule has 10 unspecified atom stereocenters. The number of hydrogen-bond donors (Lipinski definition) is 17. The molecule has 7 heterocycles. The Balaban J connectivity index is 0.000000337. The fourth-order valence-electron chi connectivity index (χ4n) is 11.8. The lowest BCUT2D eigenvalue weighted by Gasteiger charge is -2.49. The zero-order valence-electron chi connectivity index (χ0n) is 56.6. The summed E-state index contributed by atoms with van der Waals surface area (Å²) in [6.07, 6.45) is -39.1. The summed E-state index contributed by atoms with van der Waals surface area (Å²) < 4.78 is 82.3. The zero-order chi connectivity index (χ0) is 77.9. The second-order valence-electron chi connectivity index (χ2n) is 24.4. The topological polar surface area (TPSA) is 677 Å². The molecular weight excluding hydrogens is 1470 g/mol. The SMILES string of the molecule is CCCC(=O)NCC(=O)C[C@H]1C([C@H](O)[C@H](O)CO)O[C@](OP(=O)([O-])OC[C@H]2O[C@@H](n3ccc(N)nc3=O)C(O)[C@H]2O)(C(=O)O)C[C@H]1O.CCSC1CC(=O)N(CCCC(=O)NCCO[C@@H]2OC(OC=O)[C@@H](O[C@H]3OC(CO)[C@@H](O[C@@H]4OC(OC=O)[C@@H](OC)[C@H](O)C4O)[C@H](O)C3NC(C)=O)[C@H](O)C2O)C1=O. The second-order valence-corrected chi connectivity index (χ2v) is 27.2. The number of nitrogens with two attached hydrogens (primary N) is 1. The summed E-state index contributed by atoms with van der Waals surface area (Å²) >= 11 is 1.39. The van der Waals surface area contributed by atoms with Gasteiger partial charge in [0.25, 0.3) is 26.6 Å². The van der Waals surface area contributed by atoms with E-state index >= 15 is 0 Å². The highest BCUT2D eigenvalue weighted by molar-refractivity contribution is 8.00. The molecule has 0 aliphatic carbocycles. The number of carbonyl (C=O) groups excluding carboxylic acids is 8. The number of carboxylic acids is 1. The maximum absolute atomic E-state index is 12.9. The number of carboxylic acid groups (broad SMARTS) is 1. The minimum atomic E-state index is -5.82. The van der Waals surface area contributed by atoms with E-state index in [-0.39, 0.29) is 76.0 Å². The number of ether oxygens (including phenoxy) is 11. The zero-order valence-corrected chi connectivity index (χ0v) is 58.4. The number of nitrogens with zero attached hydrogens (tertiary/aromatic N) is 3. The van der Waals surface area contributed by atoms with E-state index in [2.05, 4.69) is 20.9 Å². The van der Waals surface area contributed by atoms with Crippen LogP contribution in [0.3, 0.4) is 0 Å². The first-order valence-corrected chi connectivity index (χ1v) is 35.1. The van der Waals surface area contributed by atoms with Crippen molar-refractivity contribution in [2.75, 3.05) is 64.7 Å². The Kier molecular flexibility index (Phi) is 33.8. The Hall–Kier alpha value is -6.07. The van der Waals surface area contributed by atoms with Gasteiger partial charge in [-0.15, -0.1) is 11.8 Å². The third-order valence-corrected chi connectivity index (χ3v) is 19.1. The van der Waals surface area contributed by atoms with Gasteiger partial charge in [0, 0.05) is 71.3 Å². The lowest BCUT2D eigenvalue weighted by molar-refractivity contribution is -0.389. The lowest BCUT2D eigenvalue weighted by atomic mass is 9.80. The van der Waals surface area contributed by atoms with Crippen molar-refractivity contribution in [3.63, 3.8) is 0 Å². The Morgan fingerprint density at radius 1 is 0.829 bits per heavy atom. The normalized spacial score (nSPS) is 35.2. The van der Waals surface area contributed by atoms with E-state index in [0.717, 1.165) is 29.7 Å². The fraction of sp³-hybridized carbons (Fsp3) is 0.776. The number of amides is 5. The van der Waals surface area contributed by atoms with E-state index in [1.165, 1.54) is 17.8 Å². The first-order chi connectivity index (χ1) is 49.6. The molecule has 0 saturated carbocycles. The number of aliphatic hydroxyl groups is 12. The maximum atomic E-state index is 12.9. The largest absolute Gasteiger partial charge is 0.756 e. The van der Waals surface area contributed by atoms with Crippen molar-refractivity contribution >= 4 is 79.6 Å². The number of nitrogens with one attached hydrogen (secondary N) is 3. The van der Waals surface area contributed by atoms with Gasteiger partial charge in [-0.25, -0.2) is 9.59 Å². The van der Waals surface area contributed by atoms with Crippen molar-refractivity contribution in [2.45, 2.75) is 218 Å². The molecule has 1 aromatic heterocycles. The van der Waals surface area contributed by atoms with Crippen LogP contribution in [0.15, 0.2) is 17.1 Å². The molecular formula is C58H89N7O38PS-. The van der Waals surface area contributed by atoms with Gasteiger partial charge in [-0.3, -0.25) is 56.9 Å². The van der Waals surface area contributed by atoms with Crippen LogP contribution >= 0.6 is 19.6 Å². The van der Waals surface area contributed by atoms with Crippen molar-refractivity contribution < 1.29 is 180 Å². The molecule has 47 heteroatoms. The quantitative estimate of drug-likeness (QED) is 0.0127. The number of hydrogen-bond acceptors (Lipinski definition) is 40. The Morgan fingerprint density at radius 2 is 1.47 bits per heavy atom. The Bertz CT molecular complexity index is 3190. The molecule has 45 nitrogen and oxygen atoms in total. The van der Waals surface area contributed by atoms with E-state index in [0.29, 0.717) is 12.2 Å². The molecule has 0 aromatic carbocycles. The molecule has 105 heavy (non-hydrogen) atoms. The van der Waals surface area contributed by atoms with E-state index in [1.54, 1.807) is 6.92 Å². The van der Waals surface area contributed by atoms with Gasteiger partial charge < -0.3 is 150 Å². The Labute approximate surface area is 599 Å². The number of likely N-dealkylation sites (tertiary alicyclic amines) is 1. The van der Waals surface area contributed by atoms with Gasteiger partial charge in [0.2, 0.25) is 42.1 Å². The standard InChI is InChI=1S/C33H51N3O21S.C25H39N4O17P/c1-4-58-16-10-18(42)36(28(16)48)8-5-6-17(41)34-7-9-50-30-23(46)22(45)27(33(56-30)52-13-39)55-29-19(35-14(2)40)20(43)25(15(11-37)53-29)54-31-24(47)21(44)26(49-3)32(57-31)51-12-38;1-2-3-17(34)27-8-11(31)6-12-13(32)7-25(23(38)39,45-21(12)18(35)14(33)9-30)46-47(41,42)43-10-15-19(36)20(37)22(44-15)29-5-4-16(26)28-24(29)40/h12-13,15-16,19-27,29-33,37,43-47H,4-11H2,1-3H3,(H,34,41)(H,35,40);4-5,12-15,18-22,30,32-33,35-37H,2-3,6-10H2,1H3,(H,27,34)(H,38,39)(H,41,42)(H2,26,28,40)/p-1/t15?,16?,19?,20-,21-,22-,23?,24?,25-,26+,27+,29-,30-,31-,32?,33?;12-,13-,14-,15-,18-,19+,20?,21?,22-,25-/m11/s1. The average Bonchev–Trinajstić information content (AvgIpc) is 1.72. The average molecular weight is 1560 g/mol. The monoisotopic (exact) mass is 1550 g/mol. The molecule has 1 aromatic rings. The number of phosphoric acid groups is 1. The van der Waals surface area contributed by atoms with E-state index in [4.69, 9.17) is 66.9 Å². The summed E-state index contributed by atoms with van der Waals surface area (Å²) in [5, 5.41) is 143. The summed E-state index contributed by atoms with van der Waals surface area (Å²) in [6.45, 7) is 0.740. The number of imide groups is 1. The number of anilines is 1. The van der Waals surface area contributed by atoms with Crippen LogP contribution in [0.1, 0.15) is 71.9 Å². The number of aliphatic carboxylic acids is 1. The third-order valence-electron chi connectivity index (χ3n) is 17.0. The first-order valence-electron chi connectivity index (χ1n) is 32.6. The van der Waals surface area contributed by atoms with Crippen LogP contribution < -0.4 is 32.3 Å². The molecule has 596 valence electrons. The van der Waals surface area contributed by atoms with Gasteiger partial charge in [0.15, 0.2) is 37.0 Å². The van der Waals surface area contributed by atoms with Gasteiger partial charge in [0.1, 0.15) is 91.2 Å². The number of carbonyl (C=O) groups is 9. The summed E-state index contributed by atoms with van der Waals surface area (Å²) in [5.41, 5.74) is 4.45. The molecule has 6 saturated heterocycles. The molecule has 6 aliphatic rings. The van der Waals surface area contributed by atoms with Gasteiger partial charge in [0.05, 0.1) is 50.4 Å². The molecule has 0 radical (unpaired) electrons. The molecule has 18 N–H and O–H groups in total. The van der Waals surface area contributed by atoms with E-state index < -0.39 is 241 Å². The number of aromatic nitrogens is 2. The van der Waals surface area contributed by atoms with Gasteiger partial charge in [-0.2, -0.15) is 4.98 Å². The van der Waals surface area contributed by atoms with Crippen molar-refractivity contribution in [1.29, 1.82) is 0 Å². The lowest BCUT2D eigenvalue weighted by Crippen LogP contribution is -2.69. The molecule has 6 fully saturated rings. The van der Waals surface area contributed by atoms with Gasteiger partial charge in [-0.1, -0.05) is 13.8 Å². The molecule has 6 aliphatic heterocycles. The number of nitrogen functional groups attached to an aromatic ring is 1. The molecule has 0 bridgehead atoms. The highest BCUT2D eigenvalue weighted by Gasteiger charge is 2.59.